The van der Waals surface area contributed by atoms with E-state index in [0.29, 0.717) is 21.9 Å². The number of Topliss-reactive ketones (excluding diaryl/α,β-unsaturated/α-hetero) is 1. The third-order valence-electron chi connectivity index (χ3n) is 5.90. The molecule has 0 aliphatic heterocycles. The number of H-pyrrole nitrogens is 2. The molecule has 2 aromatic heterocycles. The monoisotopic (exact) mass is 451 g/mol. The fourth-order valence-corrected chi connectivity index (χ4v) is 4.19. The van der Waals surface area contributed by atoms with Gasteiger partial charge in [0.05, 0.1) is 5.39 Å². The van der Waals surface area contributed by atoms with Crippen LogP contribution in [0.2, 0.25) is 0 Å². The largest absolute Gasteiger partial charge is 0.444 e. The number of fused-ring (bicyclic) bond motifs is 2. The van der Waals surface area contributed by atoms with Crippen molar-refractivity contribution in [2.45, 2.75) is 19.4 Å². The van der Waals surface area contributed by atoms with E-state index >= 15 is 0 Å². The highest BCUT2D eigenvalue weighted by molar-refractivity contribution is 6.12. The van der Waals surface area contributed by atoms with Crippen LogP contribution in [0.4, 0.5) is 0 Å². The first kappa shape index (κ1) is 21.3. The Labute approximate surface area is 194 Å². The number of hydrogen-bond acceptors (Lipinski definition) is 5. The van der Waals surface area contributed by atoms with E-state index in [0.717, 1.165) is 22.9 Å². The molecule has 0 fully saturated rings. The van der Waals surface area contributed by atoms with Gasteiger partial charge in [0.25, 0.3) is 5.56 Å². The molecule has 0 aliphatic rings. The number of para-hydroxylation sites is 1. The smallest absolute Gasteiger partial charge is 0.360 e. The van der Waals surface area contributed by atoms with Crippen LogP contribution < -0.4 is 5.56 Å². The van der Waals surface area contributed by atoms with E-state index in [1.54, 1.807) is 54.7 Å². The lowest BCUT2D eigenvalue weighted by Gasteiger charge is -2.17. The Morgan fingerprint density at radius 3 is 2.38 bits per heavy atom. The van der Waals surface area contributed by atoms with Gasteiger partial charge in [0, 0.05) is 33.6 Å². The number of ether oxygens (including phenoxy) is 1. The Hall–Kier alpha value is -4.52. The summed E-state index contributed by atoms with van der Waals surface area (Å²) in [5, 5.41) is 7.70. The Kier molecular flexibility index (Phi) is 5.51. The Morgan fingerprint density at radius 2 is 1.62 bits per heavy atom. The number of rotatable bonds is 6. The van der Waals surface area contributed by atoms with Crippen LogP contribution in [-0.2, 0) is 11.2 Å². The van der Waals surface area contributed by atoms with Gasteiger partial charge < -0.3 is 9.72 Å². The predicted molar refractivity (Wildman–Crippen MR) is 129 cm³/mol. The highest BCUT2D eigenvalue weighted by atomic mass is 16.5. The zero-order valence-corrected chi connectivity index (χ0v) is 18.4. The van der Waals surface area contributed by atoms with Crippen LogP contribution in [0.5, 0.6) is 0 Å². The number of esters is 1. The summed E-state index contributed by atoms with van der Waals surface area (Å²) in [6.45, 7) is 2.05. The minimum atomic E-state index is -1.19. The van der Waals surface area contributed by atoms with Crippen molar-refractivity contribution in [1.82, 2.24) is 15.2 Å². The molecule has 34 heavy (non-hydrogen) atoms. The fourth-order valence-electron chi connectivity index (χ4n) is 4.19. The number of nitrogens with one attached hydrogen (secondary N) is 2. The molecular formula is C27H21N3O4. The number of aromatic nitrogens is 3. The van der Waals surface area contributed by atoms with Gasteiger partial charge in [-0.25, -0.2) is 9.89 Å². The fraction of sp³-hybridized carbons (Fsp3) is 0.111. The van der Waals surface area contributed by atoms with E-state index in [1.165, 1.54) is 0 Å². The number of ketones is 1. The third kappa shape index (κ3) is 3.67. The highest BCUT2D eigenvalue weighted by Gasteiger charge is 2.30. The summed E-state index contributed by atoms with van der Waals surface area (Å²) < 4.78 is 5.77. The highest BCUT2D eigenvalue weighted by Crippen LogP contribution is 2.30. The van der Waals surface area contributed by atoms with E-state index in [1.807, 2.05) is 31.2 Å². The number of nitrogens with zero attached hydrogens (tertiary/aromatic N) is 1. The number of carbonyl (C=O) groups excluding carboxylic acids is 2. The molecule has 5 aromatic rings. The summed E-state index contributed by atoms with van der Waals surface area (Å²) in [6, 6.07) is 21.3. The lowest BCUT2D eigenvalue weighted by molar-refractivity contribution is 0.0276. The molecule has 0 unspecified atom stereocenters. The molecule has 0 amide bonds. The molecule has 0 saturated heterocycles. The van der Waals surface area contributed by atoms with Gasteiger partial charge in [-0.05, 0) is 18.1 Å². The van der Waals surface area contributed by atoms with E-state index < -0.39 is 17.6 Å². The Morgan fingerprint density at radius 1 is 0.912 bits per heavy atom. The Bertz CT molecular complexity index is 1580. The molecule has 0 radical (unpaired) electrons. The molecule has 2 heterocycles. The van der Waals surface area contributed by atoms with E-state index in [9.17, 15) is 14.4 Å². The third-order valence-corrected chi connectivity index (χ3v) is 5.90. The molecule has 7 nitrogen and oxygen atoms in total. The lowest BCUT2D eigenvalue weighted by atomic mass is 9.98. The van der Waals surface area contributed by atoms with Gasteiger partial charge in [0.2, 0.25) is 5.78 Å². The van der Waals surface area contributed by atoms with Crippen molar-refractivity contribution in [1.29, 1.82) is 0 Å². The number of aromatic amines is 2. The van der Waals surface area contributed by atoms with Crippen LogP contribution in [0.1, 0.15) is 45.0 Å². The second-order valence-electron chi connectivity index (χ2n) is 7.90. The minimum absolute atomic E-state index is 0.0591. The second-order valence-corrected chi connectivity index (χ2v) is 7.90. The van der Waals surface area contributed by atoms with Crippen molar-refractivity contribution < 1.29 is 14.3 Å². The molecule has 0 aliphatic carbocycles. The van der Waals surface area contributed by atoms with Crippen molar-refractivity contribution in [2.24, 2.45) is 0 Å². The Balaban J connectivity index is 1.57. The number of hydrogen-bond donors (Lipinski definition) is 2. The minimum Gasteiger partial charge on any atom is -0.444 e. The average molecular weight is 451 g/mol. The standard InChI is InChI=1S/C27H21N3O4/c1-2-16-11-8-14-19-21(15-28-22(16)19)24(31)25(17-9-4-3-5-10-17)34-27(33)23-18-12-6-7-13-20(18)26(32)30-29-23/h3-15,25,28H,2H2,1H3,(H,30,32)/t25-/m0/s1. The van der Waals surface area contributed by atoms with E-state index in [4.69, 9.17) is 4.74 Å². The predicted octanol–water partition coefficient (Wildman–Crippen LogP) is 4.75. The molecule has 0 spiro atoms. The quantitative estimate of drug-likeness (QED) is 0.286. The molecule has 3 aromatic carbocycles. The van der Waals surface area contributed by atoms with Gasteiger partial charge in [-0.3, -0.25) is 9.59 Å². The van der Waals surface area contributed by atoms with Crippen LogP contribution in [0.15, 0.2) is 83.8 Å². The van der Waals surface area contributed by atoms with Crippen LogP contribution in [0.3, 0.4) is 0 Å². The van der Waals surface area contributed by atoms with Crippen molar-refractivity contribution in [3.05, 3.63) is 112 Å². The topological polar surface area (TPSA) is 105 Å². The number of aryl methyl sites for hydroxylation is 1. The molecule has 7 heteroatoms. The molecule has 0 saturated carbocycles. The molecule has 0 bridgehead atoms. The van der Waals surface area contributed by atoms with E-state index in [-0.39, 0.29) is 11.5 Å². The number of carbonyl (C=O) groups is 2. The SMILES string of the molecule is CCc1cccc2c(C(=O)[C@@H](OC(=O)c3n[nH]c(=O)c4ccccc34)c3ccccc3)c[nH]c12. The zero-order valence-electron chi connectivity index (χ0n) is 18.4. The summed E-state index contributed by atoms with van der Waals surface area (Å²) in [5.74, 6) is -1.16. The average Bonchev–Trinajstić information content (AvgIpc) is 3.32. The van der Waals surface area contributed by atoms with Crippen LogP contribution in [0, 0.1) is 0 Å². The number of benzene rings is 3. The summed E-state index contributed by atoms with van der Waals surface area (Å²) in [4.78, 5) is 42.3. The first-order valence-electron chi connectivity index (χ1n) is 10.9. The molecule has 5 rings (SSSR count). The molecule has 2 N–H and O–H groups in total. The zero-order chi connectivity index (χ0) is 23.7. The maximum absolute atomic E-state index is 13.7. The van der Waals surface area contributed by atoms with Crippen LogP contribution >= 0.6 is 0 Å². The summed E-state index contributed by atoms with van der Waals surface area (Å²) in [5.41, 5.74) is 2.49. The van der Waals surface area contributed by atoms with Gasteiger partial charge >= 0.3 is 5.97 Å². The first-order chi connectivity index (χ1) is 16.6. The molecule has 168 valence electrons. The van der Waals surface area contributed by atoms with E-state index in [2.05, 4.69) is 15.2 Å². The molecular weight excluding hydrogens is 430 g/mol. The second kappa shape index (κ2) is 8.78. The summed E-state index contributed by atoms with van der Waals surface area (Å²) in [7, 11) is 0. The lowest BCUT2D eigenvalue weighted by Crippen LogP contribution is -2.22. The van der Waals surface area contributed by atoms with Gasteiger partial charge in [0.1, 0.15) is 0 Å². The van der Waals surface area contributed by atoms with Crippen molar-refractivity contribution >= 4 is 33.4 Å². The maximum Gasteiger partial charge on any atom is 0.360 e. The van der Waals surface area contributed by atoms with Crippen molar-refractivity contribution in [2.75, 3.05) is 0 Å². The normalized spacial score (nSPS) is 12.0. The van der Waals surface area contributed by atoms with Crippen molar-refractivity contribution in [3.63, 3.8) is 0 Å². The van der Waals surface area contributed by atoms with Crippen molar-refractivity contribution in [3.8, 4) is 0 Å². The van der Waals surface area contributed by atoms with Gasteiger partial charge in [-0.1, -0.05) is 73.7 Å². The summed E-state index contributed by atoms with van der Waals surface area (Å²) >= 11 is 0. The maximum atomic E-state index is 13.7. The first-order valence-corrected chi connectivity index (χ1v) is 10.9. The molecule has 1 atom stereocenters. The summed E-state index contributed by atoms with van der Waals surface area (Å²) in [6.07, 6.45) is 1.28. The van der Waals surface area contributed by atoms with Crippen LogP contribution in [-0.4, -0.2) is 26.9 Å². The van der Waals surface area contributed by atoms with Gasteiger partial charge in [-0.2, -0.15) is 5.10 Å². The van der Waals surface area contributed by atoms with Gasteiger partial charge in [-0.15, -0.1) is 0 Å². The van der Waals surface area contributed by atoms with Crippen LogP contribution in [0.25, 0.3) is 21.7 Å². The van der Waals surface area contributed by atoms with Gasteiger partial charge in [0.15, 0.2) is 11.8 Å².